The second-order valence-electron chi connectivity index (χ2n) is 7.05. The Hall–Kier alpha value is -1.97. The van der Waals surface area contributed by atoms with Gasteiger partial charge in [-0.05, 0) is 43.4 Å². The third kappa shape index (κ3) is 4.66. The highest BCUT2D eigenvalue weighted by Gasteiger charge is 2.27. The van der Waals surface area contributed by atoms with Crippen molar-refractivity contribution in [2.75, 3.05) is 18.5 Å². The number of hydrogen-bond donors (Lipinski definition) is 6. The van der Waals surface area contributed by atoms with Gasteiger partial charge in [-0.1, -0.05) is 6.07 Å². The summed E-state index contributed by atoms with van der Waals surface area (Å²) in [5.41, 5.74) is 2.15. The number of benzene rings is 1. The molecule has 0 saturated heterocycles. The van der Waals surface area contributed by atoms with Gasteiger partial charge in [-0.25, -0.2) is 0 Å². The van der Waals surface area contributed by atoms with Crippen LogP contribution in [-0.4, -0.2) is 63.2 Å². The Morgan fingerprint density at radius 1 is 1.22 bits per heavy atom. The van der Waals surface area contributed by atoms with Crippen LogP contribution >= 0.6 is 0 Å². The lowest BCUT2D eigenvalue weighted by molar-refractivity contribution is -0.182. The number of hydrogen-bond acceptors (Lipinski definition) is 7. The molecule has 0 amide bonds. The molecule has 4 atom stereocenters. The lowest BCUT2D eigenvalue weighted by Gasteiger charge is -2.28. The fraction of sp³-hybridized carbons (Fsp3) is 0.526. The number of fused-ring (bicyclic) bond motifs is 1. The van der Waals surface area contributed by atoms with Crippen molar-refractivity contribution in [3.05, 3.63) is 40.2 Å². The topological polar surface area (TPSA) is 135 Å². The third-order valence-electron chi connectivity index (χ3n) is 4.82. The monoisotopic (exact) mass is 378 g/mol. The molecule has 1 aromatic heterocycles. The Bertz CT molecular complexity index is 833. The molecule has 1 aliphatic rings. The van der Waals surface area contributed by atoms with Crippen LogP contribution in [0.15, 0.2) is 29.1 Å². The molecule has 1 fully saturated rings. The fourth-order valence-corrected chi connectivity index (χ4v) is 3.11. The first-order valence-corrected chi connectivity index (χ1v) is 9.09. The van der Waals surface area contributed by atoms with Crippen molar-refractivity contribution in [2.45, 2.75) is 50.2 Å². The van der Waals surface area contributed by atoms with E-state index < -0.39 is 37.8 Å². The summed E-state index contributed by atoms with van der Waals surface area (Å²) >= 11 is 0. The van der Waals surface area contributed by atoms with E-state index in [0.29, 0.717) is 17.1 Å². The van der Waals surface area contributed by atoms with Gasteiger partial charge in [0.1, 0.15) is 12.1 Å². The molecule has 8 heteroatoms. The Labute approximate surface area is 156 Å². The first-order valence-electron chi connectivity index (χ1n) is 9.09. The highest BCUT2D eigenvalue weighted by atomic mass is 16.6. The van der Waals surface area contributed by atoms with Gasteiger partial charge in [0, 0.05) is 17.1 Å². The molecular formula is C19H26N2O6. The van der Waals surface area contributed by atoms with Crippen molar-refractivity contribution in [3.63, 3.8) is 0 Å². The molecule has 3 rings (SSSR count). The molecule has 0 aliphatic heterocycles. The molecule has 8 nitrogen and oxygen atoms in total. The van der Waals surface area contributed by atoms with Gasteiger partial charge in [0.05, 0.1) is 24.8 Å². The standard InChI is InChI=1S/C19H26N2O6/c1-10(24)17(9-23)27-19(26)16(8-22)20-12-4-5-13-14(11-2-3-11)7-18(25)21-15(13)6-12/h4-7,10-11,16-17,19-20,22-24,26H,2-3,8-9H2,1H3,(H,21,25)/t10-,16-,17?,19?/m0/s1. The van der Waals surface area contributed by atoms with E-state index in [0.717, 1.165) is 23.8 Å². The summed E-state index contributed by atoms with van der Waals surface area (Å²) in [4.78, 5) is 14.7. The van der Waals surface area contributed by atoms with Crippen molar-refractivity contribution in [1.29, 1.82) is 0 Å². The molecule has 1 aliphatic carbocycles. The van der Waals surface area contributed by atoms with Crippen molar-refractivity contribution in [2.24, 2.45) is 0 Å². The highest BCUT2D eigenvalue weighted by molar-refractivity contribution is 5.86. The Balaban J connectivity index is 1.79. The molecule has 0 radical (unpaired) electrons. The van der Waals surface area contributed by atoms with E-state index in [1.807, 2.05) is 6.07 Å². The molecule has 1 saturated carbocycles. The van der Waals surface area contributed by atoms with Crippen LogP contribution in [0.2, 0.25) is 0 Å². The number of ether oxygens (including phenoxy) is 1. The van der Waals surface area contributed by atoms with Crippen LogP contribution in [-0.2, 0) is 4.74 Å². The number of nitrogens with one attached hydrogen (secondary N) is 2. The van der Waals surface area contributed by atoms with Crippen LogP contribution < -0.4 is 10.9 Å². The molecular weight excluding hydrogens is 352 g/mol. The summed E-state index contributed by atoms with van der Waals surface area (Å²) in [6, 6.07) is 6.21. The second-order valence-corrected chi connectivity index (χ2v) is 7.05. The minimum Gasteiger partial charge on any atom is -0.394 e. The average Bonchev–Trinajstić information content (AvgIpc) is 3.47. The van der Waals surface area contributed by atoms with Crippen molar-refractivity contribution >= 4 is 16.6 Å². The van der Waals surface area contributed by atoms with E-state index in [1.165, 1.54) is 6.92 Å². The minimum atomic E-state index is -1.45. The van der Waals surface area contributed by atoms with Gasteiger partial charge < -0.3 is 35.5 Å². The zero-order chi connectivity index (χ0) is 19.6. The minimum absolute atomic E-state index is 0.161. The summed E-state index contributed by atoms with van der Waals surface area (Å²) < 4.78 is 5.23. The molecule has 148 valence electrons. The Kier molecular flexibility index (Phi) is 6.13. The van der Waals surface area contributed by atoms with Crippen LogP contribution in [0.25, 0.3) is 10.9 Å². The number of aliphatic hydroxyl groups excluding tert-OH is 4. The van der Waals surface area contributed by atoms with Gasteiger partial charge in [-0.2, -0.15) is 0 Å². The number of pyridine rings is 1. The zero-order valence-electron chi connectivity index (χ0n) is 15.1. The van der Waals surface area contributed by atoms with Crippen LogP contribution in [0.1, 0.15) is 31.2 Å². The lowest BCUT2D eigenvalue weighted by atomic mass is 10.0. The van der Waals surface area contributed by atoms with Crippen molar-refractivity contribution in [1.82, 2.24) is 4.98 Å². The van der Waals surface area contributed by atoms with E-state index in [4.69, 9.17) is 4.74 Å². The van der Waals surface area contributed by atoms with Gasteiger partial charge in [0.15, 0.2) is 6.29 Å². The summed E-state index contributed by atoms with van der Waals surface area (Å²) in [6.07, 6.45) is -1.22. The van der Waals surface area contributed by atoms with Gasteiger partial charge in [-0.15, -0.1) is 0 Å². The number of rotatable bonds is 9. The molecule has 6 N–H and O–H groups in total. The first-order chi connectivity index (χ1) is 12.9. The third-order valence-corrected chi connectivity index (χ3v) is 4.82. The van der Waals surface area contributed by atoms with Gasteiger partial charge in [0.2, 0.25) is 5.56 Å². The second kappa shape index (κ2) is 8.37. The highest BCUT2D eigenvalue weighted by Crippen LogP contribution is 2.42. The number of H-pyrrole nitrogens is 1. The smallest absolute Gasteiger partial charge is 0.248 e. The summed E-state index contributed by atoms with van der Waals surface area (Å²) in [7, 11) is 0. The van der Waals surface area contributed by atoms with Crippen LogP contribution in [0.5, 0.6) is 0 Å². The molecule has 2 aromatic rings. The van der Waals surface area contributed by atoms with E-state index >= 15 is 0 Å². The molecule has 1 heterocycles. The van der Waals surface area contributed by atoms with E-state index in [-0.39, 0.29) is 5.56 Å². The summed E-state index contributed by atoms with van der Waals surface area (Å²) in [5, 5.41) is 42.4. The number of aromatic amines is 1. The summed E-state index contributed by atoms with van der Waals surface area (Å²) in [5.74, 6) is 0.435. The molecule has 1 aromatic carbocycles. The predicted molar refractivity (Wildman–Crippen MR) is 101 cm³/mol. The van der Waals surface area contributed by atoms with Gasteiger partial charge in [0.25, 0.3) is 0 Å². The quantitative estimate of drug-likeness (QED) is 0.345. The Morgan fingerprint density at radius 2 is 1.96 bits per heavy atom. The molecule has 0 bridgehead atoms. The predicted octanol–water partition coefficient (Wildman–Crippen LogP) is 0.255. The van der Waals surface area contributed by atoms with Crippen LogP contribution in [0, 0.1) is 0 Å². The number of aliphatic hydroxyl groups is 4. The van der Waals surface area contributed by atoms with E-state index in [9.17, 15) is 25.2 Å². The van der Waals surface area contributed by atoms with Crippen LogP contribution in [0.3, 0.4) is 0 Å². The zero-order valence-corrected chi connectivity index (χ0v) is 15.1. The molecule has 27 heavy (non-hydrogen) atoms. The largest absolute Gasteiger partial charge is 0.394 e. The lowest BCUT2D eigenvalue weighted by Crippen LogP contribution is -2.44. The average molecular weight is 378 g/mol. The number of aromatic nitrogens is 1. The van der Waals surface area contributed by atoms with E-state index in [1.54, 1.807) is 18.2 Å². The maximum absolute atomic E-state index is 11.9. The normalized spacial score (nSPS) is 18.9. The Morgan fingerprint density at radius 3 is 2.56 bits per heavy atom. The van der Waals surface area contributed by atoms with Crippen molar-refractivity contribution in [3.8, 4) is 0 Å². The van der Waals surface area contributed by atoms with Crippen molar-refractivity contribution < 1.29 is 25.2 Å². The van der Waals surface area contributed by atoms with Crippen LogP contribution in [0.4, 0.5) is 5.69 Å². The maximum Gasteiger partial charge on any atom is 0.248 e. The summed E-state index contributed by atoms with van der Waals surface area (Å²) in [6.45, 7) is 0.538. The van der Waals surface area contributed by atoms with E-state index in [2.05, 4.69) is 10.3 Å². The van der Waals surface area contributed by atoms with Gasteiger partial charge >= 0.3 is 0 Å². The fourth-order valence-electron chi connectivity index (χ4n) is 3.11. The molecule has 0 spiro atoms. The molecule has 2 unspecified atom stereocenters. The first kappa shape index (κ1) is 19.8. The van der Waals surface area contributed by atoms with Gasteiger partial charge in [-0.3, -0.25) is 4.79 Å². The number of anilines is 1. The SMILES string of the molecule is C[C@H](O)C(CO)OC(O)[C@H](CO)Nc1ccc2c(C3CC3)cc(=O)[nH]c2c1. The maximum atomic E-state index is 11.9.